The summed E-state index contributed by atoms with van der Waals surface area (Å²) >= 11 is 0. The molecule has 54 heavy (non-hydrogen) atoms. The molecule has 0 saturated heterocycles. The van der Waals surface area contributed by atoms with E-state index in [9.17, 15) is 15.8 Å². The summed E-state index contributed by atoms with van der Waals surface area (Å²) in [5, 5.41) is 38.8. The number of nitrogens with one attached hydrogen (secondary N) is 1. The van der Waals surface area contributed by atoms with Crippen molar-refractivity contribution in [3.8, 4) is 29.6 Å². The molecule has 10 rings (SSSR count). The second-order valence-corrected chi connectivity index (χ2v) is 13.4. The Kier molecular flexibility index (Phi) is 6.92. The molecule has 0 amide bonds. The highest BCUT2D eigenvalue weighted by molar-refractivity contribution is 6.23. The smallest absolute Gasteiger partial charge is 0.133 e. The van der Waals surface area contributed by atoms with Crippen molar-refractivity contribution in [2.24, 2.45) is 4.99 Å². The fourth-order valence-electron chi connectivity index (χ4n) is 8.13. The number of hydrogen-bond donors (Lipinski definition) is 1. The molecule has 1 unspecified atom stereocenters. The number of hydrogen-bond acceptors (Lipinski definition) is 5. The van der Waals surface area contributed by atoms with Crippen LogP contribution >= 0.6 is 0 Å². The third kappa shape index (κ3) is 4.55. The minimum atomic E-state index is -0.647. The van der Waals surface area contributed by atoms with Gasteiger partial charge in [0, 0.05) is 44.0 Å². The highest BCUT2D eigenvalue weighted by atomic mass is 15.1. The van der Waals surface area contributed by atoms with Crippen molar-refractivity contribution in [3.05, 3.63) is 185 Å². The van der Waals surface area contributed by atoms with E-state index in [2.05, 4.69) is 118 Å². The van der Waals surface area contributed by atoms with Crippen LogP contribution in [0.4, 0.5) is 5.69 Å². The van der Waals surface area contributed by atoms with E-state index < -0.39 is 6.04 Å². The van der Waals surface area contributed by atoms with Crippen LogP contribution in [0.5, 0.6) is 0 Å². The Morgan fingerprint density at radius 2 is 1.09 bits per heavy atom. The van der Waals surface area contributed by atoms with Gasteiger partial charge in [-0.15, -0.1) is 0 Å². The molecule has 3 heterocycles. The monoisotopic (exact) mass is 689 g/mol. The summed E-state index contributed by atoms with van der Waals surface area (Å²) in [6.45, 7) is 0. The Hall–Kier alpha value is -7.92. The average Bonchev–Trinajstić information content (AvgIpc) is 3.76. The molecule has 9 aromatic rings. The predicted molar refractivity (Wildman–Crippen MR) is 214 cm³/mol. The number of aliphatic imine (C=N–C) groups is 1. The predicted octanol–water partition coefficient (Wildman–Crippen LogP) is 10.5. The number of amidine groups is 1. The molecule has 7 nitrogen and oxygen atoms in total. The van der Waals surface area contributed by atoms with Gasteiger partial charge in [0.25, 0.3) is 0 Å². The lowest BCUT2D eigenvalue weighted by Gasteiger charge is -2.27. The van der Waals surface area contributed by atoms with Gasteiger partial charge in [0.05, 0.1) is 56.6 Å². The number of benzene rings is 7. The van der Waals surface area contributed by atoms with E-state index in [4.69, 9.17) is 4.99 Å². The molecule has 0 bridgehead atoms. The van der Waals surface area contributed by atoms with Crippen LogP contribution in [0.3, 0.4) is 0 Å². The molecule has 1 aliphatic heterocycles. The molecule has 1 atom stereocenters. The second kappa shape index (κ2) is 12.1. The van der Waals surface area contributed by atoms with Gasteiger partial charge in [-0.05, 0) is 54.1 Å². The van der Waals surface area contributed by atoms with Crippen molar-refractivity contribution in [1.29, 1.82) is 15.8 Å². The first-order valence-corrected chi connectivity index (χ1v) is 17.6. The SMILES string of the molecule is N#Cc1cc(C#N)c2c(c1)C(c1ccc(-n3c4ccccc4c4ccc5c6ccccc6n(-c6ccccc6)c5c43)cc1C#N)N=C(c1ccccc1)N2. The molecule has 1 aliphatic rings. The molecule has 0 saturated carbocycles. The number of para-hydroxylation sites is 3. The van der Waals surface area contributed by atoms with E-state index in [0.717, 1.165) is 60.5 Å². The van der Waals surface area contributed by atoms with Crippen LogP contribution < -0.4 is 5.32 Å². The number of aromatic nitrogens is 2. The van der Waals surface area contributed by atoms with E-state index in [1.165, 1.54) is 0 Å². The molecule has 250 valence electrons. The minimum absolute atomic E-state index is 0.343. The van der Waals surface area contributed by atoms with E-state index in [-0.39, 0.29) is 0 Å². The highest BCUT2D eigenvalue weighted by Gasteiger charge is 2.29. The molecule has 0 spiro atoms. The molecular weight excluding hydrogens is 663 g/mol. The molecule has 0 aliphatic carbocycles. The lowest BCUT2D eigenvalue weighted by Crippen LogP contribution is -2.23. The van der Waals surface area contributed by atoms with Crippen LogP contribution in [0.2, 0.25) is 0 Å². The number of rotatable bonds is 4. The second-order valence-electron chi connectivity index (χ2n) is 13.4. The van der Waals surface area contributed by atoms with Gasteiger partial charge in [0.1, 0.15) is 17.9 Å². The van der Waals surface area contributed by atoms with E-state index in [0.29, 0.717) is 39.3 Å². The van der Waals surface area contributed by atoms with Crippen molar-refractivity contribution in [3.63, 3.8) is 0 Å². The van der Waals surface area contributed by atoms with Crippen LogP contribution in [0.15, 0.2) is 157 Å². The summed E-state index contributed by atoms with van der Waals surface area (Å²) in [4.78, 5) is 5.15. The Morgan fingerprint density at radius 3 is 1.72 bits per heavy atom. The number of nitrogens with zero attached hydrogens (tertiary/aromatic N) is 6. The first kappa shape index (κ1) is 30.9. The summed E-state index contributed by atoms with van der Waals surface area (Å²) in [6.07, 6.45) is 0. The molecule has 2 aromatic heterocycles. The highest BCUT2D eigenvalue weighted by Crippen LogP contribution is 2.43. The van der Waals surface area contributed by atoms with E-state index in [1.807, 2.05) is 54.6 Å². The van der Waals surface area contributed by atoms with E-state index in [1.54, 1.807) is 12.1 Å². The standard InChI is InChI=1S/C47H27N7/c48-26-29-23-32(28-50)43-40(24-29)44(52-47(51-43)30-11-3-1-4-12-30)35-20-19-34(25-31(35)27-49)54-42-18-10-8-16-37(42)39-22-21-38-36-15-7-9-17-41(36)53(45(38)46(39)54)33-13-5-2-6-14-33/h1-25,44H,(H,51,52). The normalized spacial score (nSPS) is 13.6. The zero-order valence-corrected chi connectivity index (χ0v) is 28.7. The van der Waals surface area contributed by atoms with Gasteiger partial charge in [0.2, 0.25) is 0 Å². The molecule has 7 heteroatoms. The van der Waals surface area contributed by atoms with Gasteiger partial charge in [-0.2, -0.15) is 15.8 Å². The maximum absolute atomic E-state index is 10.9. The summed E-state index contributed by atoms with van der Waals surface area (Å²) in [5.41, 5.74) is 10.1. The first-order chi connectivity index (χ1) is 26.7. The van der Waals surface area contributed by atoms with Gasteiger partial charge in [-0.3, -0.25) is 4.99 Å². The summed E-state index contributed by atoms with van der Waals surface area (Å²) in [6, 6.07) is 57.1. The van der Waals surface area contributed by atoms with Gasteiger partial charge in [-0.1, -0.05) is 103 Å². The molecule has 7 aromatic carbocycles. The number of anilines is 1. The van der Waals surface area contributed by atoms with Crippen LogP contribution in [0.1, 0.15) is 39.4 Å². The largest absolute Gasteiger partial charge is 0.339 e. The zero-order valence-electron chi connectivity index (χ0n) is 28.7. The Labute approximate surface area is 310 Å². The van der Waals surface area contributed by atoms with Crippen molar-refractivity contribution < 1.29 is 0 Å². The van der Waals surface area contributed by atoms with Crippen molar-refractivity contribution in [1.82, 2.24) is 9.13 Å². The molecule has 0 fully saturated rings. The van der Waals surface area contributed by atoms with Crippen LogP contribution in [-0.2, 0) is 0 Å². The summed E-state index contributed by atoms with van der Waals surface area (Å²) < 4.78 is 4.61. The van der Waals surface area contributed by atoms with Crippen molar-refractivity contribution in [2.45, 2.75) is 6.04 Å². The maximum Gasteiger partial charge on any atom is 0.133 e. The van der Waals surface area contributed by atoms with Crippen LogP contribution in [0.25, 0.3) is 55.0 Å². The lowest BCUT2D eigenvalue weighted by molar-refractivity contribution is 0.857. The Balaban J connectivity index is 1.26. The topological polar surface area (TPSA) is 106 Å². The first-order valence-electron chi connectivity index (χ1n) is 17.6. The number of nitriles is 3. The van der Waals surface area contributed by atoms with Crippen LogP contribution in [0, 0.1) is 34.0 Å². The third-order valence-electron chi connectivity index (χ3n) is 10.5. The molecule has 1 N–H and O–H groups in total. The summed E-state index contributed by atoms with van der Waals surface area (Å²) in [7, 11) is 0. The minimum Gasteiger partial charge on any atom is -0.339 e. The van der Waals surface area contributed by atoms with Gasteiger partial charge >= 0.3 is 0 Å². The summed E-state index contributed by atoms with van der Waals surface area (Å²) in [5.74, 6) is 0.584. The lowest BCUT2D eigenvalue weighted by atomic mass is 9.89. The van der Waals surface area contributed by atoms with Crippen molar-refractivity contribution in [2.75, 3.05) is 5.32 Å². The van der Waals surface area contributed by atoms with Crippen LogP contribution in [-0.4, -0.2) is 15.0 Å². The average molecular weight is 690 g/mol. The van der Waals surface area contributed by atoms with Crippen molar-refractivity contribution >= 4 is 55.1 Å². The quantitative estimate of drug-likeness (QED) is 0.198. The van der Waals surface area contributed by atoms with Gasteiger partial charge in [-0.25, -0.2) is 0 Å². The molecular formula is C47H27N7. The van der Waals surface area contributed by atoms with Gasteiger partial charge < -0.3 is 14.5 Å². The Morgan fingerprint density at radius 1 is 0.500 bits per heavy atom. The fraction of sp³-hybridized carbons (Fsp3) is 0.0213. The van der Waals surface area contributed by atoms with Gasteiger partial charge in [0.15, 0.2) is 0 Å². The fourth-order valence-corrected chi connectivity index (χ4v) is 8.13. The third-order valence-corrected chi connectivity index (χ3v) is 10.5. The molecule has 0 radical (unpaired) electrons. The maximum atomic E-state index is 10.9. The van der Waals surface area contributed by atoms with E-state index >= 15 is 0 Å². The Bertz CT molecular complexity index is 3170. The number of fused-ring (bicyclic) bond motifs is 8. The zero-order chi connectivity index (χ0) is 36.3.